The van der Waals surface area contributed by atoms with E-state index in [0.717, 1.165) is 6.42 Å². The highest BCUT2D eigenvalue weighted by Crippen LogP contribution is 2.37. The van der Waals surface area contributed by atoms with E-state index >= 15 is 0 Å². The Morgan fingerprint density at radius 1 is 1.44 bits per heavy atom. The zero-order chi connectivity index (χ0) is 19.1. The SMILES string of the molecule is CNc1cc(Nc2cccn([C@@H]3C[C@H]3OC)c2=O)nc2c(C(N)=O)cnn12. The first kappa shape index (κ1) is 17.0. The largest absolute Gasteiger partial charge is 0.379 e. The molecule has 1 aliphatic rings. The van der Waals surface area contributed by atoms with Crippen molar-refractivity contribution in [2.24, 2.45) is 5.73 Å². The first-order valence-electron chi connectivity index (χ1n) is 8.40. The maximum absolute atomic E-state index is 12.8. The number of aromatic nitrogens is 4. The van der Waals surface area contributed by atoms with Gasteiger partial charge in [-0.05, 0) is 18.6 Å². The standard InChI is InChI=1S/C17H19N7O3/c1-19-14-7-13(22-16-9(15(18)25)8-20-24(14)16)21-10-4-3-5-23(17(10)26)11-6-12(11)27-2/h3-5,7-8,11-12,19H,6H2,1-2H3,(H2,18,25)(H,21,22)/t11-,12-/m1/s1. The molecule has 10 nitrogen and oxygen atoms in total. The van der Waals surface area contributed by atoms with Crippen LogP contribution in [0.25, 0.3) is 5.65 Å². The van der Waals surface area contributed by atoms with E-state index in [2.05, 4.69) is 20.7 Å². The van der Waals surface area contributed by atoms with E-state index in [1.807, 2.05) is 0 Å². The Morgan fingerprint density at radius 3 is 2.93 bits per heavy atom. The molecule has 3 aromatic heterocycles. The number of carbonyl (C=O) groups excluding carboxylic acids is 1. The van der Waals surface area contributed by atoms with Crippen molar-refractivity contribution in [3.8, 4) is 0 Å². The molecule has 1 amide bonds. The summed E-state index contributed by atoms with van der Waals surface area (Å²) in [5.41, 5.74) is 6.09. The molecule has 0 bridgehead atoms. The van der Waals surface area contributed by atoms with Gasteiger partial charge < -0.3 is 25.7 Å². The summed E-state index contributed by atoms with van der Waals surface area (Å²) in [4.78, 5) is 28.8. The lowest BCUT2D eigenvalue weighted by Crippen LogP contribution is -2.22. The number of carbonyl (C=O) groups is 1. The van der Waals surface area contributed by atoms with Gasteiger partial charge in [-0.15, -0.1) is 0 Å². The van der Waals surface area contributed by atoms with Crippen LogP contribution in [-0.2, 0) is 4.74 Å². The number of amides is 1. The molecule has 0 aliphatic heterocycles. The second kappa shape index (κ2) is 6.40. The van der Waals surface area contributed by atoms with Crippen LogP contribution in [0.5, 0.6) is 0 Å². The summed E-state index contributed by atoms with van der Waals surface area (Å²) in [5, 5.41) is 10.1. The van der Waals surface area contributed by atoms with Gasteiger partial charge >= 0.3 is 0 Å². The van der Waals surface area contributed by atoms with Crippen molar-refractivity contribution in [2.75, 3.05) is 24.8 Å². The summed E-state index contributed by atoms with van der Waals surface area (Å²) in [6.07, 6.45) is 3.98. The number of nitrogens with one attached hydrogen (secondary N) is 2. The summed E-state index contributed by atoms with van der Waals surface area (Å²) < 4.78 is 8.42. The Hall–Kier alpha value is -3.40. The van der Waals surface area contributed by atoms with Gasteiger partial charge in [-0.25, -0.2) is 4.98 Å². The minimum absolute atomic E-state index is 0.0452. The predicted octanol–water partition coefficient (Wildman–Crippen LogP) is 0.735. The molecule has 4 rings (SSSR count). The van der Waals surface area contributed by atoms with E-state index in [1.54, 1.807) is 43.1 Å². The van der Waals surface area contributed by atoms with E-state index in [-0.39, 0.29) is 23.3 Å². The van der Waals surface area contributed by atoms with Crippen LogP contribution in [0, 0.1) is 0 Å². The molecule has 0 spiro atoms. The van der Waals surface area contributed by atoms with E-state index in [4.69, 9.17) is 10.5 Å². The van der Waals surface area contributed by atoms with Crippen molar-refractivity contribution < 1.29 is 9.53 Å². The van der Waals surface area contributed by atoms with Crippen LogP contribution in [0.15, 0.2) is 35.4 Å². The smallest absolute Gasteiger partial charge is 0.274 e. The van der Waals surface area contributed by atoms with Gasteiger partial charge in [0.15, 0.2) is 5.65 Å². The van der Waals surface area contributed by atoms with Crippen molar-refractivity contribution in [2.45, 2.75) is 18.6 Å². The van der Waals surface area contributed by atoms with Gasteiger partial charge in [-0.2, -0.15) is 9.61 Å². The zero-order valence-electron chi connectivity index (χ0n) is 14.8. The average Bonchev–Trinajstić information content (AvgIpc) is 3.31. The molecule has 4 N–H and O–H groups in total. The van der Waals surface area contributed by atoms with Gasteiger partial charge in [0.05, 0.1) is 18.3 Å². The number of methoxy groups -OCH3 is 1. The Morgan fingerprint density at radius 2 is 2.26 bits per heavy atom. The maximum Gasteiger partial charge on any atom is 0.274 e. The number of primary amides is 1. The number of ether oxygens (including phenoxy) is 1. The van der Waals surface area contributed by atoms with Crippen molar-refractivity contribution >= 4 is 28.9 Å². The second-order valence-corrected chi connectivity index (χ2v) is 6.27. The molecule has 1 aliphatic carbocycles. The number of nitrogens with two attached hydrogens (primary N) is 1. The topological polar surface area (TPSA) is 129 Å². The fourth-order valence-electron chi connectivity index (χ4n) is 3.09. The van der Waals surface area contributed by atoms with Gasteiger partial charge in [-0.1, -0.05) is 0 Å². The summed E-state index contributed by atoms with van der Waals surface area (Å²) in [7, 11) is 3.36. The van der Waals surface area contributed by atoms with Crippen LogP contribution in [0.2, 0.25) is 0 Å². The molecular formula is C17H19N7O3. The third-order valence-electron chi connectivity index (χ3n) is 4.59. The van der Waals surface area contributed by atoms with Gasteiger partial charge in [0, 0.05) is 26.4 Å². The van der Waals surface area contributed by atoms with Gasteiger partial charge in [0.1, 0.15) is 22.9 Å². The molecule has 2 atom stereocenters. The highest BCUT2D eigenvalue weighted by atomic mass is 16.5. The van der Waals surface area contributed by atoms with Gasteiger partial charge in [-0.3, -0.25) is 9.59 Å². The molecule has 1 saturated carbocycles. The Bertz CT molecular complexity index is 1090. The monoisotopic (exact) mass is 369 g/mol. The maximum atomic E-state index is 12.8. The minimum atomic E-state index is -0.627. The number of rotatable bonds is 6. The van der Waals surface area contributed by atoms with Crippen LogP contribution >= 0.6 is 0 Å². The highest BCUT2D eigenvalue weighted by molar-refractivity contribution is 5.98. The van der Waals surface area contributed by atoms with Gasteiger partial charge in [0.2, 0.25) is 0 Å². The van der Waals surface area contributed by atoms with Crippen molar-refractivity contribution in [3.05, 3.63) is 46.5 Å². The van der Waals surface area contributed by atoms with Crippen LogP contribution in [0.3, 0.4) is 0 Å². The highest BCUT2D eigenvalue weighted by Gasteiger charge is 2.39. The number of pyridine rings is 1. The van der Waals surface area contributed by atoms with Crippen LogP contribution in [-0.4, -0.2) is 45.3 Å². The molecule has 10 heteroatoms. The number of fused-ring (bicyclic) bond motifs is 1. The summed E-state index contributed by atoms with van der Waals surface area (Å²) in [6, 6.07) is 5.21. The summed E-state index contributed by atoms with van der Waals surface area (Å²) in [5.74, 6) is 0.356. The van der Waals surface area contributed by atoms with E-state index in [9.17, 15) is 9.59 Å². The lowest BCUT2D eigenvalue weighted by atomic mass is 10.3. The van der Waals surface area contributed by atoms with Crippen molar-refractivity contribution in [3.63, 3.8) is 0 Å². The van der Waals surface area contributed by atoms with Crippen LogP contribution in [0.1, 0.15) is 22.8 Å². The molecule has 0 saturated heterocycles. The zero-order valence-corrected chi connectivity index (χ0v) is 14.8. The molecule has 0 radical (unpaired) electrons. The minimum Gasteiger partial charge on any atom is -0.379 e. The summed E-state index contributed by atoms with van der Waals surface area (Å²) >= 11 is 0. The number of nitrogens with zero attached hydrogens (tertiary/aromatic N) is 4. The number of anilines is 3. The molecule has 0 aromatic carbocycles. The van der Waals surface area contributed by atoms with Crippen LogP contribution in [0.4, 0.5) is 17.3 Å². The van der Waals surface area contributed by atoms with Crippen molar-refractivity contribution in [1.29, 1.82) is 0 Å². The molecule has 140 valence electrons. The molecule has 27 heavy (non-hydrogen) atoms. The summed E-state index contributed by atoms with van der Waals surface area (Å²) in [6.45, 7) is 0. The van der Waals surface area contributed by atoms with Crippen molar-refractivity contribution in [1.82, 2.24) is 19.2 Å². The van der Waals surface area contributed by atoms with Gasteiger partial charge in [0.25, 0.3) is 11.5 Å². The van der Waals surface area contributed by atoms with E-state index in [0.29, 0.717) is 23.0 Å². The van der Waals surface area contributed by atoms with E-state index < -0.39 is 5.91 Å². The third kappa shape index (κ3) is 2.89. The molecular weight excluding hydrogens is 350 g/mol. The Labute approximate surface area is 154 Å². The molecule has 0 unspecified atom stereocenters. The third-order valence-corrected chi connectivity index (χ3v) is 4.59. The number of hydrogen-bond acceptors (Lipinski definition) is 7. The fraction of sp³-hybridized carbons (Fsp3) is 0.294. The first-order chi connectivity index (χ1) is 13.0. The van der Waals surface area contributed by atoms with E-state index in [1.165, 1.54) is 10.7 Å². The Balaban J connectivity index is 1.74. The quantitative estimate of drug-likeness (QED) is 0.584. The second-order valence-electron chi connectivity index (χ2n) is 6.27. The Kier molecular flexibility index (Phi) is 4.04. The average molecular weight is 369 g/mol. The molecule has 3 heterocycles. The molecule has 3 aromatic rings. The molecule has 1 fully saturated rings. The fourth-order valence-corrected chi connectivity index (χ4v) is 3.09. The lowest BCUT2D eigenvalue weighted by Gasteiger charge is -2.11. The predicted molar refractivity (Wildman–Crippen MR) is 99.5 cm³/mol. The normalized spacial score (nSPS) is 18.4. The number of hydrogen-bond donors (Lipinski definition) is 3. The first-order valence-corrected chi connectivity index (χ1v) is 8.40. The van der Waals surface area contributed by atoms with Crippen LogP contribution < -0.4 is 21.9 Å². The lowest BCUT2D eigenvalue weighted by molar-refractivity contribution is 0.100.